The molecule has 0 saturated heterocycles. The molecule has 0 atom stereocenters. The molecule has 2 heterocycles. The van der Waals surface area contributed by atoms with Crippen molar-refractivity contribution in [2.24, 2.45) is 0 Å². The van der Waals surface area contributed by atoms with E-state index in [1.54, 1.807) is 35.0 Å². The van der Waals surface area contributed by atoms with Crippen molar-refractivity contribution in [3.8, 4) is 5.69 Å². The van der Waals surface area contributed by atoms with Crippen molar-refractivity contribution in [2.75, 3.05) is 0 Å². The third-order valence-electron chi connectivity index (χ3n) is 4.30. The van der Waals surface area contributed by atoms with E-state index in [-0.39, 0.29) is 17.0 Å². The molecule has 0 saturated carbocycles. The summed E-state index contributed by atoms with van der Waals surface area (Å²) in [5.74, 6) is -0.0338. The minimum Gasteiger partial charge on any atom is -0.279 e. The molecule has 0 aliphatic rings. The van der Waals surface area contributed by atoms with E-state index in [0.29, 0.717) is 32.2 Å². The second-order valence-electron chi connectivity index (χ2n) is 6.06. The van der Waals surface area contributed by atoms with Gasteiger partial charge in [0.25, 0.3) is 0 Å². The third-order valence-corrected chi connectivity index (χ3v) is 5.94. The van der Waals surface area contributed by atoms with Gasteiger partial charge < -0.3 is 0 Å². The summed E-state index contributed by atoms with van der Waals surface area (Å²) in [6, 6.07) is 9.76. The van der Waals surface area contributed by atoms with Crippen LogP contribution in [0.1, 0.15) is 11.1 Å². The molecule has 0 fully saturated rings. The first-order valence-electron chi connectivity index (χ1n) is 8.24. The van der Waals surface area contributed by atoms with E-state index in [1.807, 2.05) is 13.0 Å². The summed E-state index contributed by atoms with van der Waals surface area (Å²) in [6.07, 6.45) is 3.34. The second-order valence-corrected chi connectivity index (χ2v) is 7.84. The van der Waals surface area contributed by atoms with E-state index >= 15 is 0 Å². The molecule has 0 amide bonds. The minimum absolute atomic E-state index is 0.177. The van der Waals surface area contributed by atoms with Crippen LogP contribution in [0.3, 0.4) is 0 Å². The van der Waals surface area contributed by atoms with Crippen LogP contribution in [0.5, 0.6) is 0 Å². The molecule has 4 rings (SSSR count). The number of thioether (sulfide) groups is 1. The molecule has 28 heavy (non-hydrogen) atoms. The summed E-state index contributed by atoms with van der Waals surface area (Å²) >= 11 is 13.4. The van der Waals surface area contributed by atoms with Crippen molar-refractivity contribution >= 4 is 40.6 Å². The highest BCUT2D eigenvalue weighted by atomic mass is 35.5. The highest BCUT2D eigenvalue weighted by Crippen LogP contribution is 2.25. The first kappa shape index (κ1) is 19.0. The van der Waals surface area contributed by atoms with Gasteiger partial charge in [-0.15, -0.1) is 10.2 Å². The van der Waals surface area contributed by atoms with Crippen LogP contribution < -0.4 is 5.56 Å². The molecular formula is C19H13Cl2FN4OS. The Hall–Kier alpha value is -2.35. The second kappa shape index (κ2) is 7.58. The molecule has 0 aliphatic heterocycles. The van der Waals surface area contributed by atoms with Crippen LogP contribution in [0, 0.1) is 12.7 Å². The number of hydrogen-bond donors (Lipinski definition) is 0. The highest BCUT2D eigenvalue weighted by Gasteiger charge is 2.14. The van der Waals surface area contributed by atoms with Gasteiger partial charge >= 0.3 is 5.56 Å². The third kappa shape index (κ3) is 3.41. The van der Waals surface area contributed by atoms with E-state index in [4.69, 9.17) is 23.2 Å². The molecular weight excluding hydrogens is 422 g/mol. The number of benzene rings is 2. The Morgan fingerprint density at radius 2 is 1.96 bits per heavy atom. The van der Waals surface area contributed by atoms with Crippen LogP contribution in [0.2, 0.25) is 10.0 Å². The van der Waals surface area contributed by atoms with Crippen molar-refractivity contribution in [2.45, 2.75) is 17.8 Å². The zero-order chi connectivity index (χ0) is 19.8. The SMILES string of the molecule is Cc1c(Cl)cccc1-n1ccn2c(SCc3cc(Cl)ccc3F)nnc2c1=O. The lowest BCUT2D eigenvalue weighted by Gasteiger charge is -2.10. The molecule has 0 bridgehead atoms. The summed E-state index contributed by atoms with van der Waals surface area (Å²) in [7, 11) is 0. The quantitative estimate of drug-likeness (QED) is 0.427. The number of nitrogens with zero attached hydrogens (tertiary/aromatic N) is 4. The molecule has 5 nitrogen and oxygen atoms in total. The summed E-state index contributed by atoms with van der Waals surface area (Å²) in [5.41, 5.74) is 1.79. The molecule has 142 valence electrons. The zero-order valence-corrected chi connectivity index (χ0v) is 16.9. The number of rotatable bonds is 4. The van der Waals surface area contributed by atoms with Gasteiger partial charge in [-0.1, -0.05) is 41.0 Å². The number of halogens is 3. The van der Waals surface area contributed by atoms with Gasteiger partial charge in [0.1, 0.15) is 5.82 Å². The zero-order valence-electron chi connectivity index (χ0n) is 14.6. The summed E-state index contributed by atoms with van der Waals surface area (Å²) in [5, 5.41) is 9.62. The number of fused-ring (bicyclic) bond motifs is 1. The highest BCUT2D eigenvalue weighted by molar-refractivity contribution is 7.98. The monoisotopic (exact) mass is 434 g/mol. The van der Waals surface area contributed by atoms with E-state index in [0.717, 1.165) is 5.56 Å². The normalized spacial score (nSPS) is 11.3. The Morgan fingerprint density at radius 3 is 2.79 bits per heavy atom. The maximum atomic E-state index is 13.9. The van der Waals surface area contributed by atoms with Crippen LogP contribution in [-0.4, -0.2) is 19.2 Å². The van der Waals surface area contributed by atoms with Crippen LogP contribution in [0.15, 0.2) is 58.7 Å². The van der Waals surface area contributed by atoms with E-state index < -0.39 is 0 Å². The van der Waals surface area contributed by atoms with Gasteiger partial charge in [-0.3, -0.25) is 13.8 Å². The smallest absolute Gasteiger partial charge is 0.279 e. The van der Waals surface area contributed by atoms with E-state index in [1.165, 1.54) is 28.5 Å². The predicted molar refractivity (Wildman–Crippen MR) is 109 cm³/mol. The van der Waals surface area contributed by atoms with E-state index in [9.17, 15) is 9.18 Å². The topological polar surface area (TPSA) is 52.2 Å². The Bertz CT molecular complexity index is 1250. The maximum Gasteiger partial charge on any atom is 0.300 e. The molecule has 0 N–H and O–H groups in total. The fourth-order valence-electron chi connectivity index (χ4n) is 2.81. The van der Waals surface area contributed by atoms with Crippen molar-refractivity contribution in [3.05, 3.63) is 86.1 Å². The van der Waals surface area contributed by atoms with Gasteiger partial charge in [-0.2, -0.15) is 0 Å². The van der Waals surface area contributed by atoms with Crippen LogP contribution in [-0.2, 0) is 5.75 Å². The van der Waals surface area contributed by atoms with Crippen LogP contribution >= 0.6 is 35.0 Å². The van der Waals surface area contributed by atoms with Crippen molar-refractivity contribution in [3.63, 3.8) is 0 Å². The molecule has 0 unspecified atom stereocenters. The lowest BCUT2D eigenvalue weighted by atomic mass is 10.2. The Labute approximate surface area is 173 Å². The first-order chi connectivity index (χ1) is 13.5. The predicted octanol–water partition coefficient (Wildman–Crippen LogP) is 4.93. The summed E-state index contributed by atoms with van der Waals surface area (Å²) in [6.45, 7) is 1.85. The van der Waals surface area contributed by atoms with Gasteiger partial charge in [-0.05, 0) is 48.4 Å². The molecule has 0 aliphatic carbocycles. The van der Waals surface area contributed by atoms with E-state index in [2.05, 4.69) is 10.2 Å². The largest absolute Gasteiger partial charge is 0.300 e. The summed E-state index contributed by atoms with van der Waals surface area (Å²) in [4.78, 5) is 12.9. The minimum atomic E-state index is -0.343. The molecule has 2 aromatic heterocycles. The van der Waals surface area contributed by atoms with Crippen molar-refractivity contribution in [1.29, 1.82) is 0 Å². The molecule has 0 spiro atoms. The summed E-state index contributed by atoms with van der Waals surface area (Å²) < 4.78 is 17.0. The van der Waals surface area contributed by atoms with Gasteiger partial charge in [0.2, 0.25) is 5.65 Å². The standard InChI is InChI=1S/C19H13Cl2FN4OS/c1-11-14(21)3-2-4-16(11)25-7-8-26-17(18(25)27)23-24-19(26)28-10-12-9-13(20)5-6-15(12)22/h2-9H,10H2,1H3. The Balaban J connectivity index is 1.70. The fourth-order valence-corrected chi connectivity index (χ4v) is 4.06. The lowest BCUT2D eigenvalue weighted by Crippen LogP contribution is -2.21. The van der Waals surface area contributed by atoms with Crippen molar-refractivity contribution in [1.82, 2.24) is 19.2 Å². The Kier molecular flexibility index (Phi) is 5.14. The van der Waals surface area contributed by atoms with Crippen LogP contribution in [0.25, 0.3) is 11.3 Å². The number of aromatic nitrogens is 4. The first-order valence-corrected chi connectivity index (χ1v) is 9.98. The van der Waals surface area contributed by atoms with Gasteiger partial charge in [0.05, 0.1) is 5.69 Å². The molecule has 9 heteroatoms. The Morgan fingerprint density at radius 1 is 1.14 bits per heavy atom. The molecule has 0 radical (unpaired) electrons. The van der Waals surface area contributed by atoms with Gasteiger partial charge in [0.15, 0.2) is 5.16 Å². The lowest BCUT2D eigenvalue weighted by molar-refractivity contribution is 0.617. The van der Waals surface area contributed by atoms with Gasteiger partial charge in [-0.25, -0.2) is 4.39 Å². The number of hydrogen-bond acceptors (Lipinski definition) is 4. The molecule has 4 aromatic rings. The maximum absolute atomic E-state index is 13.9. The van der Waals surface area contributed by atoms with Gasteiger partial charge in [0, 0.05) is 28.2 Å². The fraction of sp³-hybridized carbons (Fsp3) is 0.105. The average molecular weight is 435 g/mol. The van der Waals surface area contributed by atoms with Crippen LogP contribution in [0.4, 0.5) is 4.39 Å². The van der Waals surface area contributed by atoms with Crippen molar-refractivity contribution < 1.29 is 4.39 Å². The average Bonchev–Trinajstić information content (AvgIpc) is 3.09. The molecule has 2 aromatic carbocycles.